The van der Waals surface area contributed by atoms with Gasteiger partial charge >= 0.3 is 0 Å². The molecule has 62 heavy (non-hydrogen) atoms. The molecule has 0 fully saturated rings. The maximum Gasteiger partial charge on any atom is 0.0887 e. The molecular formula is C59H67ClN2. The maximum absolute atomic E-state index is 7.98. The highest BCUT2D eigenvalue weighted by atomic mass is 35.5. The highest BCUT2D eigenvalue weighted by Gasteiger charge is 2.28. The third-order valence-electron chi connectivity index (χ3n) is 12.2. The molecule has 7 aromatic carbocycles. The van der Waals surface area contributed by atoms with Crippen LogP contribution in [0.5, 0.6) is 0 Å². The quantitative estimate of drug-likeness (QED) is 0.143. The molecule has 0 N–H and O–H groups in total. The van der Waals surface area contributed by atoms with Crippen molar-refractivity contribution in [2.45, 2.75) is 112 Å². The molecule has 0 aliphatic heterocycles. The lowest BCUT2D eigenvalue weighted by Gasteiger charge is -2.34. The van der Waals surface area contributed by atoms with Gasteiger partial charge in [0.1, 0.15) is 0 Å². The van der Waals surface area contributed by atoms with Crippen LogP contribution in [0.1, 0.15) is 117 Å². The number of aryl methyl sites for hydroxylation is 1. The van der Waals surface area contributed by atoms with Crippen LogP contribution in [0.15, 0.2) is 164 Å². The molecule has 7 rings (SSSR count). The minimum atomic E-state index is -0.187. The van der Waals surface area contributed by atoms with E-state index in [1.165, 1.54) is 27.8 Å². The van der Waals surface area contributed by atoms with Crippen LogP contribution in [-0.4, -0.2) is 0 Å². The van der Waals surface area contributed by atoms with Gasteiger partial charge < -0.3 is 9.80 Å². The average Bonchev–Trinajstić information content (AvgIpc) is 3.23. The van der Waals surface area contributed by atoms with Crippen LogP contribution in [0, 0.1) is 6.92 Å². The van der Waals surface area contributed by atoms with Crippen LogP contribution in [0.25, 0.3) is 11.1 Å². The van der Waals surface area contributed by atoms with E-state index in [9.17, 15) is 0 Å². The Balaban J connectivity index is 0.00000641. The molecule has 0 radical (unpaired) electrons. The van der Waals surface area contributed by atoms with Gasteiger partial charge in [-0.3, -0.25) is 0 Å². The smallest absolute Gasteiger partial charge is 0.0887 e. The molecule has 0 aliphatic carbocycles. The minimum Gasteiger partial charge on any atom is -0.309 e. The molecule has 0 unspecified atom stereocenters. The van der Waals surface area contributed by atoms with Crippen molar-refractivity contribution in [3.05, 3.63) is 202 Å². The van der Waals surface area contributed by atoms with E-state index in [1.54, 1.807) is 0 Å². The van der Waals surface area contributed by atoms with Crippen molar-refractivity contribution in [2.75, 3.05) is 9.80 Å². The summed E-state index contributed by atoms with van der Waals surface area (Å²) in [5, 5.41) is 0.665. The predicted octanol–water partition coefficient (Wildman–Crippen LogP) is 18.1. The second-order valence-electron chi connectivity index (χ2n) is 20.3. The Morgan fingerprint density at radius 1 is 0.371 bits per heavy atom. The fraction of sp³-hybridized carbons (Fsp3) is 0.288. The van der Waals surface area contributed by atoms with Crippen LogP contribution in [-0.2, 0) is 21.7 Å². The number of halogens is 1. The van der Waals surface area contributed by atoms with Crippen LogP contribution in [0.2, 0.25) is 5.02 Å². The number of hydrogen-bond donors (Lipinski definition) is 0. The molecule has 0 aliphatic rings. The van der Waals surface area contributed by atoms with E-state index in [1.807, 2.05) is 0 Å². The monoisotopic (exact) mass is 838 g/mol. The Labute approximate surface area is 379 Å². The summed E-state index contributed by atoms with van der Waals surface area (Å²) in [6.45, 7) is 27.2. The Hall–Kier alpha value is -5.57. The first-order chi connectivity index (χ1) is 28.7. The van der Waals surface area contributed by atoms with Gasteiger partial charge in [0.25, 0.3) is 0 Å². The van der Waals surface area contributed by atoms with Gasteiger partial charge in [-0.25, -0.2) is 0 Å². The zero-order valence-corrected chi connectivity index (χ0v) is 39.1. The average molecular weight is 840 g/mol. The summed E-state index contributed by atoms with van der Waals surface area (Å²) in [7, 11) is 0. The summed E-state index contributed by atoms with van der Waals surface area (Å²) in [5.41, 5.74) is 15.6. The third-order valence-corrected chi connectivity index (χ3v) is 12.6. The lowest BCUT2D eigenvalue weighted by atomic mass is 9.78. The normalized spacial score (nSPS) is 12.1. The lowest BCUT2D eigenvalue weighted by molar-refractivity contribution is 0.590. The van der Waals surface area contributed by atoms with E-state index in [4.69, 9.17) is 11.6 Å². The Morgan fingerprint density at radius 2 is 0.742 bits per heavy atom. The predicted molar refractivity (Wildman–Crippen MR) is 272 cm³/mol. The van der Waals surface area contributed by atoms with Crippen molar-refractivity contribution >= 4 is 45.7 Å². The van der Waals surface area contributed by atoms with Gasteiger partial charge in [0.05, 0.1) is 22.1 Å². The van der Waals surface area contributed by atoms with Crippen molar-refractivity contribution in [1.82, 2.24) is 0 Å². The standard InChI is InChI=1S/C58H63ClN2.CH4/c1-40-37-52(60(47-30-23-42(24-31-47)55(2,3)4)48-32-25-43(26-33-48)56(5,6)7)54(59)53(38-40)61(49-34-27-45(28-35-49)58(11,12)44-21-17-14-18-22-44)51-36-29-46(57(8,9)10)39-50(51)41-19-15-13-16-20-41;/h13-39H,1-12H3;1H4. The minimum absolute atomic E-state index is 0. The number of anilines is 6. The summed E-state index contributed by atoms with van der Waals surface area (Å²) >= 11 is 7.98. The first-order valence-electron chi connectivity index (χ1n) is 21.7. The fourth-order valence-corrected chi connectivity index (χ4v) is 8.49. The highest BCUT2D eigenvalue weighted by Crippen LogP contribution is 2.50. The zero-order chi connectivity index (χ0) is 43.9. The van der Waals surface area contributed by atoms with Crippen molar-refractivity contribution in [3.8, 4) is 11.1 Å². The Kier molecular flexibility index (Phi) is 13.1. The lowest BCUT2D eigenvalue weighted by Crippen LogP contribution is -2.19. The first kappa shape index (κ1) is 45.9. The second-order valence-corrected chi connectivity index (χ2v) is 20.6. The molecule has 7 aromatic rings. The van der Waals surface area contributed by atoms with Gasteiger partial charge in [-0.1, -0.05) is 198 Å². The molecule has 0 atom stereocenters. The summed E-state index contributed by atoms with van der Waals surface area (Å²) < 4.78 is 0. The van der Waals surface area contributed by atoms with Gasteiger partial charge in [0.15, 0.2) is 0 Å². The molecule has 0 saturated carbocycles. The van der Waals surface area contributed by atoms with Crippen LogP contribution in [0.4, 0.5) is 34.1 Å². The molecule has 2 nitrogen and oxygen atoms in total. The molecule has 0 saturated heterocycles. The molecule has 3 heteroatoms. The van der Waals surface area contributed by atoms with Gasteiger partial charge in [-0.2, -0.15) is 0 Å². The fourth-order valence-electron chi connectivity index (χ4n) is 8.21. The zero-order valence-electron chi connectivity index (χ0n) is 38.4. The molecule has 0 aromatic heterocycles. The van der Waals surface area contributed by atoms with E-state index in [0.29, 0.717) is 5.02 Å². The van der Waals surface area contributed by atoms with Crippen molar-refractivity contribution in [1.29, 1.82) is 0 Å². The van der Waals surface area contributed by atoms with Gasteiger partial charge in [-0.15, -0.1) is 0 Å². The topological polar surface area (TPSA) is 6.48 Å². The Morgan fingerprint density at radius 3 is 1.19 bits per heavy atom. The van der Waals surface area contributed by atoms with E-state index < -0.39 is 0 Å². The number of hydrogen-bond acceptors (Lipinski definition) is 2. The molecule has 0 amide bonds. The van der Waals surface area contributed by atoms with E-state index >= 15 is 0 Å². The number of nitrogens with zero attached hydrogens (tertiary/aromatic N) is 2. The van der Waals surface area contributed by atoms with Crippen LogP contribution in [0.3, 0.4) is 0 Å². The number of benzene rings is 7. The summed E-state index contributed by atoms with van der Waals surface area (Å²) in [5.74, 6) is 0. The number of rotatable bonds is 9. The molecule has 0 heterocycles. The maximum atomic E-state index is 7.98. The molecular weight excluding hydrogens is 772 g/mol. The second kappa shape index (κ2) is 17.7. The highest BCUT2D eigenvalue weighted by molar-refractivity contribution is 6.36. The van der Waals surface area contributed by atoms with E-state index in [2.05, 4.69) is 257 Å². The molecule has 320 valence electrons. The third kappa shape index (κ3) is 9.57. The van der Waals surface area contributed by atoms with Crippen LogP contribution >= 0.6 is 11.6 Å². The largest absolute Gasteiger partial charge is 0.309 e. The van der Waals surface area contributed by atoms with Crippen molar-refractivity contribution in [2.24, 2.45) is 0 Å². The van der Waals surface area contributed by atoms with E-state index in [-0.39, 0.29) is 29.1 Å². The van der Waals surface area contributed by atoms with E-state index in [0.717, 1.165) is 50.8 Å². The van der Waals surface area contributed by atoms with Crippen molar-refractivity contribution < 1.29 is 0 Å². The van der Waals surface area contributed by atoms with Crippen LogP contribution < -0.4 is 9.80 Å². The van der Waals surface area contributed by atoms with Gasteiger partial charge in [-0.05, 0) is 123 Å². The first-order valence-corrected chi connectivity index (χ1v) is 22.1. The summed E-state index contributed by atoms with van der Waals surface area (Å²) in [6.07, 6.45) is 0. The summed E-state index contributed by atoms with van der Waals surface area (Å²) in [6, 6.07) is 60.0. The molecule has 0 bridgehead atoms. The summed E-state index contributed by atoms with van der Waals surface area (Å²) in [4.78, 5) is 4.69. The SMILES string of the molecule is C.Cc1cc(N(c2ccc(C(C)(C)C)cc2)c2ccc(C(C)(C)C)cc2)c(Cl)c(N(c2ccc(C(C)(C)c3ccccc3)cc2)c2ccc(C(C)(C)C)cc2-c2ccccc2)c1. The van der Waals surface area contributed by atoms with Crippen molar-refractivity contribution in [3.63, 3.8) is 0 Å². The molecule has 0 spiro atoms. The van der Waals surface area contributed by atoms with Gasteiger partial charge in [0, 0.05) is 28.0 Å². The Bertz CT molecular complexity index is 2530. The van der Waals surface area contributed by atoms with Gasteiger partial charge in [0.2, 0.25) is 0 Å².